The van der Waals surface area contributed by atoms with Crippen LogP contribution < -0.4 is 10.6 Å². The molecule has 0 spiro atoms. The summed E-state index contributed by atoms with van der Waals surface area (Å²) in [5.41, 5.74) is 6.38. The lowest BCUT2D eigenvalue weighted by molar-refractivity contribution is -0.119. The first kappa shape index (κ1) is 21.2. The first-order valence-corrected chi connectivity index (χ1v) is 8.61. The zero-order valence-corrected chi connectivity index (χ0v) is 16.4. The number of aromatic nitrogens is 1. The van der Waals surface area contributed by atoms with Gasteiger partial charge in [-0.3, -0.25) is 4.79 Å². The van der Waals surface area contributed by atoms with E-state index in [1.165, 1.54) is 24.5 Å². The summed E-state index contributed by atoms with van der Waals surface area (Å²) >= 11 is 1.36. The van der Waals surface area contributed by atoms with Crippen LogP contribution >= 0.6 is 24.8 Å². The van der Waals surface area contributed by atoms with Gasteiger partial charge >= 0.3 is 0 Å². The summed E-state index contributed by atoms with van der Waals surface area (Å²) in [4.78, 5) is 17.8. The van der Waals surface area contributed by atoms with Crippen molar-refractivity contribution in [3.63, 3.8) is 0 Å². The van der Waals surface area contributed by atoms with Gasteiger partial charge in [-0.2, -0.15) is 13.5 Å². The number of nitrogens with two attached hydrogens (primary N) is 1. The summed E-state index contributed by atoms with van der Waals surface area (Å²) in [6.07, 6.45) is -0.0719. The lowest BCUT2D eigenvalue weighted by atomic mass is 10.0. The van der Waals surface area contributed by atoms with Gasteiger partial charge in [0.15, 0.2) is 5.82 Å². The minimum atomic E-state index is -1.08. The normalized spacial score (nSPS) is 11.9. The Morgan fingerprint density at radius 1 is 1.22 bits per heavy atom. The van der Waals surface area contributed by atoms with Crippen molar-refractivity contribution in [3.05, 3.63) is 58.4 Å². The highest BCUT2D eigenvalue weighted by Crippen LogP contribution is 2.30. The fourth-order valence-electron chi connectivity index (χ4n) is 2.76. The van der Waals surface area contributed by atoms with E-state index in [-0.39, 0.29) is 36.7 Å². The average Bonchev–Trinajstić information content (AvgIpc) is 2.94. The molecule has 0 radical (unpaired) electrons. The van der Waals surface area contributed by atoms with Crippen LogP contribution in [-0.4, -0.2) is 24.0 Å². The second-order valence-electron chi connectivity index (χ2n) is 5.96. The Kier molecular flexibility index (Phi) is 6.50. The Bertz CT molecular complexity index is 973. The van der Waals surface area contributed by atoms with Crippen LogP contribution in [0.5, 0.6) is 0 Å². The van der Waals surface area contributed by atoms with Crippen LogP contribution in [0.15, 0.2) is 30.3 Å². The number of halogens is 3. The molecule has 3 rings (SSSR count). The molecule has 9 heteroatoms. The highest BCUT2D eigenvalue weighted by molar-refractivity contribution is 7.59. The minimum Gasteiger partial charge on any atom is -0.320 e. The van der Waals surface area contributed by atoms with Crippen LogP contribution in [0.4, 0.5) is 18.9 Å². The zero-order valence-electron chi connectivity index (χ0n) is 14.6. The monoisotopic (exact) mass is 413 g/mol. The minimum absolute atomic E-state index is 0. The summed E-state index contributed by atoms with van der Waals surface area (Å²) in [5, 5.41) is 0.717. The number of likely N-dealkylation sites (N-methyl/N-ethyl adjacent to an activating group) is 1. The maximum atomic E-state index is 14.7. The third kappa shape index (κ3) is 4.42. The molecule has 0 aliphatic rings. The van der Waals surface area contributed by atoms with Gasteiger partial charge in [0.2, 0.25) is 5.91 Å². The van der Waals surface area contributed by atoms with E-state index in [2.05, 4.69) is 4.98 Å². The fraction of sp³-hybridized carbons (Fsp3) is 0.222. The number of benzene rings is 2. The maximum absolute atomic E-state index is 14.7. The molecule has 0 saturated carbocycles. The average molecular weight is 413 g/mol. The van der Waals surface area contributed by atoms with Crippen molar-refractivity contribution in [2.45, 2.75) is 19.4 Å². The highest BCUT2D eigenvalue weighted by atomic mass is 32.1. The summed E-state index contributed by atoms with van der Waals surface area (Å²) < 4.78 is 41.9. The van der Waals surface area contributed by atoms with E-state index in [0.29, 0.717) is 4.70 Å². The molecule has 1 heterocycles. The molecule has 27 heavy (non-hydrogen) atoms. The predicted octanol–water partition coefficient (Wildman–Crippen LogP) is 3.67. The van der Waals surface area contributed by atoms with Crippen LogP contribution in [0.1, 0.15) is 10.6 Å². The Hall–Kier alpha value is -2.10. The molecule has 0 aliphatic carbocycles. The lowest BCUT2D eigenvalue weighted by Gasteiger charge is -2.22. The smallest absolute Gasteiger partial charge is 0.244 e. The Labute approximate surface area is 165 Å². The number of hydrogen-bond acceptors (Lipinski definition) is 4. The standard InChI is InChI=1S/C18H16F3N3OS.H2S/c1-9-23-17-15(26-9)4-3-14(16(17)21)24(2)18(25)13(22)7-10-5-11(19)8-12(20)6-10;/h3-6,8,13H,7,22H2,1-2H3;1H2/t13-;/m0./s1. The molecule has 0 fully saturated rings. The number of amides is 1. The van der Waals surface area contributed by atoms with Gasteiger partial charge in [-0.1, -0.05) is 0 Å². The van der Waals surface area contributed by atoms with E-state index >= 15 is 0 Å². The molecule has 0 aliphatic heterocycles. The number of carbonyl (C=O) groups excluding carboxylic acids is 1. The summed E-state index contributed by atoms with van der Waals surface area (Å²) in [6.45, 7) is 1.77. The van der Waals surface area contributed by atoms with Crippen molar-refractivity contribution in [1.29, 1.82) is 0 Å². The molecule has 1 atom stereocenters. The van der Waals surface area contributed by atoms with Gasteiger partial charge in [0.1, 0.15) is 17.2 Å². The summed E-state index contributed by atoms with van der Waals surface area (Å²) in [6, 6.07) is 5.07. The molecule has 0 unspecified atom stereocenters. The highest BCUT2D eigenvalue weighted by Gasteiger charge is 2.24. The SMILES string of the molecule is Cc1nc2c(F)c(N(C)C(=O)[C@@H](N)Cc3cc(F)cc(F)c3)ccc2s1.S. The quantitative estimate of drug-likeness (QED) is 0.710. The van der Waals surface area contributed by atoms with E-state index in [9.17, 15) is 18.0 Å². The number of fused-ring (bicyclic) bond motifs is 1. The summed E-state index contributed by atoms with van der Waals surface area (Å²) in [5.74, 6) is -2.67. The largest absolute Gasteiger partial charge is 0.320 e. The van der Waals surface area contributed by atoms with E-state index in [1.54, 1.807) is 13.0 Å². The lowest BCUT2D eigenvalue weighted by Crippen LogP contribution is -2.43. The summed E-state index contributed by atoms with van der Waals surface area (Å²) in [7, 11) is 1.40. The van der Waals surface area contributed by atoms with Crippen molar-refractivity contribution in [2.75, 3.05) is 11.9 Å². The molecule has 3 aromatic rings. The van der Waals surface area contributed by atoms with Gasteiger partial charge in [-0.25, -0.2) is 18.2 Å². The fourth-order valence-corrected chi connectivity index (χ4v) is 3.58. The molecule has 1 amide bonds. The van der Waals surface area contributed by atoms with Gasteiger partial charge in [0, 0.05) is 13.1 Å². The Balaban J connectivity index is 0.00000261. The Morgan fingerprint density at radius 2 is 1.85 bits per heavy atom. The van der Waals surface area contributed by atoms with E-state index in [0.717, 1.165) is 28.1 Å². The molecule has 0 saturated heterocycles. The molecule has 2 N–H and O–H groups in total. The molecule has 2 aromatic carbocycles. The van der Waals surface area contributed by atoms with Crippen molar-refractivity contribution in [3.8, 4) is 0 Å². The second kappa shape index (κ2) is 8.28. The first-order chi connectivity index (χ1) is 12.3. The van der Waals surface area contributed by atoms with Crippen molar-refractivity contribution < 1.29 is 18.0 Å². The number of aryl methyl sites for hydroxylation is 1. The van der Waals surface area contributed by atoms with Gasteiger partial charge < -0.3 is 10.6 Å². The topological polar surface area (TPSA) is 59.2 Å². The van der Waals surface area contributed by atoms with Crippen LogP contribution in [0.3, 0.4) is 0 Å². The first-order valence-electron chi connectivity index (χ1n) is 7.80. The van der Waals surface area contributed by atoms with Crippen LogP contribution in [0, 0.1) is 24.4 Å². The van der Waals surface area contributed by atoms with Crippen LogP contribution in [-0.2, 0) is 11.2 Å². The Morgan fingerprint density at radius 3 is 2.48 bits per heavy atom. The van der Waals surface area contributed by atoms with Gasteiger partial charge in [0.05, 0.1) is 21.4 Å². The number of anilines is 1. The molecule has 4 nitrogen and oxygen atoms in total. The van der Waals surface area contributed by atoms with Gasteiger partial charge in [-0.05, 0) is 43.2 Å². The third-order valence-electron chi connectivity index (χ3n) is 3.97. The number of hydrogen-bond donors (Lipinski definition) is 1. The van der Waals surface area contributed by atoms with Crippen molar-refractivity contribution >= 4 is 46.6 Å². The molecule has 0 bridgehead atoms. The van der Waals surface area contributed by atoms with Crippen LogP contribution in [0.2, 0.25) is 0 Å². The second-order valence-corrected chi connectivity index (χ2v) is 7.20. The van der Waals surface area contributed by atoms with Crippen molar-refractivity contribution in [1.82, 2.24) is 4.98 Å². The molecular weight excluding hydrogens is 395 g/mol. The van der Waals surface area contributed by atoms with Crippen molar-refractivity contribution in [2.24, 2.45) is 5.73 Å². The van der Waals surface area contributed by atoms with E-state index in [4.69, 9.17) is 5.73 Å². The number of nitrogens with zero attached hydrogens (tertiary/aromatic N) is 2. The van der Waals surface area contributed by atoms with Gasteiger partial charge in [-0.15, -0.1) is 11.3 Å². The third-order valence-corrected chi connectivity index (χ3v) is 4.91. The molecule has 1 aromatic heterocycles. The van der Waals surface area contributed by atoms with E-state index < -0.39 is 29.4 Å². The van der Waals surface area contributed by atoms with E-state index in [1.807, 2.05) is 0 Å². The molecular formula is C18H18F3N3OS2. The number of thiazole rings is 1. The number of rotatable bonds is 4. The maximum Gasteiger partial charge on any atom is 0.244 e. The van der Waals surface area contributed by atoms with Crippen LogP contribution in [0.25, 0.3) is 10.2 Å². The zero-order chi connectivity index (χ0) is 19.0. The molecule has 144 valence electrons. The van der Waals surface area contributed by atoms with Gasteiger partial charge in [0.25, 0.3) is 0 Å². The predicted molar refractivity (Wildman–Crippen MR) is 106 cm³/mol. The number of carbonyl (C=O) groups is 1.